The molecule has 8 nitrogen and oxygen atoms in total. The number of nitrogens with zero attached hydrogens (tertiary/aromatic N) is 2. The molecule has 1 saturated heterocycles. The van der Waals surface area contributed by atoms with Gasteiger partial charge in [0.2, 0.25) is 10.0 Å². The lowest BCUT2D eigenvalue weighted by Crippen LogP contribution is -2.40. The van der Waals surface area contributed by atoms with Gasteiger partial charge in [0.05, 0.1) is 36.5 Å². The number of nitrogens with one attached hydrogen (secondary N) is 1. The van der Waals surface area contributed by atoms with E-state index in [1.165, 1.54) is 4.31 Å². The number of hydrogen-bond acceptors (Lipinski definition) is 5. The Hall–Kier alpha value is -2.88. The van der Waals surface area contributed by atoms with Gasteiger partial charge in [-0.05, 0) is 49.7 Å². The van der Waals surface area contributed by atoms with Gasteiger partial charge in [0, 0.05) is 31.0 Å². The molecule has 0 unspecified atom stereocenters. The van der Waals surface area contributed by atoms with Crippen molar-refractivity contribution in [1.82, 2.24) is 14.2 Å². The van der Waals surface area contributed by atoms with Crippen molar-refractivity contribution >= 4 is 15.9 Å². The van der Waals surface area contributed by atoms with Crippen molar-refractivity contribution in [3.05, 3.63) is 77.0 Å². The third kappa shape index (κ3) is 4.64. The summed E-state index contributed by atoms with van der Waals surface area (Å²) in [7, 11) is -3.53. The minimum Gasteiger partial charge on any atom is -0.467 e. The van der Waals surface area contributed by atoms with E-state index in [1.54, 1.807) is 30.5 Å². The van der Waals surface area contributed by atoms with Gasteiger partial charge in [0.15, 0.2) is 0 Å². The van der Waals surface area contributed by atoms with Crippen LogP contribution in [0.15, 0.2) is 58.0 Å². The number of aryl methyl sites for hydroxylation is 1. The number of carbonyl (C=O) groups excluding carboxylic acids is 1. The van der Waals surface area contributed by atoms with Gasteiger partial charge in [-0.25, -0.2) is 8.42 Å². The van der Waals surface area contributed by atoms with Crippen LogP contribution in [-0.4, -0.2) is 49.5 Å². The van der Waals surface area contributed by atoms with E-state index in [9.17, 15) is 13.2 Å². The molecule has 0 spiro atoms. The largest absolute Gasteiger partial charge is 0.467 e. The molecule has 1 fully saturated rings. The van der Waals surface area contributed by atoms with Gasteiger partial charge in [-0.3, -0.25) is 4.79 Å². The van der Waals surface area contributed by atoms with Gasteiger partial charge in [0.25, 0.3) is 5.91 Å². The van der Waals surface area contributed by atoms with Crippen LogP contribution in [0.1, 0.15) is 33.1 Å². The predicted octanol–water partition coefficient (Wildman–Crippen LogP) is 2.70. The number of rotatable bonds is 7. The molecule has 0 saturated carbocycles. The van der Waals surface area contributed by atoms with Gasteiger partial charge < -0.3 is 19.0 Å². The van der Waals surface area contributed by atoms with Crippen LogP contribution in [0.3, 0.4) is 0 Å². The fraction of sp³-hybridized carbons (Fsp3) is 0.348. The fourth-order valence-electron chi connectivity index (χ4n) is 3.83. The standard InChI is InChI=1S/C23H27N3O5S/c1-17-14-22(18(2)26(17)16-20-4-3-11-31-20)23(27)24-15-19-5-7-21(8-6-19)32(28,29)25-9-12-30-13-10-25/h3-8,11,14H,9-10,12-13,15-16H2,1-2H3,(H,24,27). The molecule has 0 aliphatic carbocycles. The lowest BCUT2D eigenvalue weighted by Gasteiger charge is -2.26. The summed E-state index contributed by atoms with van der Waals surface area (Å²) in [6, 6.07) is 12.2. The smallest absolute Gasteiger partial charge is 0.253 e. The maximum Gasteiger partial charge on any atom is 0.253 e. The van der Waals surface area contributed by atoms with Crippen LogP contribution in [0.2, 0.25) is 0 Å². The first-order valence-electron chi connectivity index (χ1n) is 10.5. The molecule has 0 radical (unpaired) electrons. The zero-order chi connectivity index (χ0) is 22.7. The highest BCUT2D eigenvalue weighted by molar-refractivity contribution is 7.89. The van der Waals surface area contributed by atoms with Gasteiger partial charge in [-0.1, -0.05) is 12.1 Å². The maximum absolute atomic E-state index is 12.8. The number of morpholine rings is 1. The molecule has 4 rings (SSSR count). The van der Waals surface area contributed by atoms with E-state index in [1.807, 2.05) is 36.6 Å². The van der Waals surface area contributed by atoms with Gasteiger partial charge in [-0.15, -0.1) is 0 Å². The fourth-order valence-corrected chi connectivity index (χ4v) is 5.23. The SMILES string of the molecule is Cc1cc(C(=O)NCc2ccc(S(=O)(=O)N3CCOCC3)cc2)c(C)n1Cc1ccco1. The van der Waals surface area contributed by atoms with E-state index in [-0.39, 0.29) is 10.8 Å². The summed E-state index contributed by atoms with van der Waals surface area (Å²) in [5.41, 5.74) is 3.27. The van der Waals surface area contributed by atoms with Crippen LogP contribution in [0, 0.1) is 13.8 Å². The van der Waals surface area contributed by atoms with Crippen molar-refractivity contribution in [3.8, 4) is 0 Å². The molecule has 9 heteroatoms. The van der Waals surface area contributed by atoms with Crippen LogP contribution < -0.4 is 5.32 Å². The van der Waals surface area contributed by atoms with Crippen molar-refractivity contribution in [2.24, 2.45) is 0 Å². The van der Waals surface area contributed by atoms with Crippen molar-refractivity contribution in [2.45, 2.75) is 31.8 Å². The number of ether oxygens (including phenoxy) is 1. The van der Waals surface area contributed by atoms with E-state index in [4.69, 9.17) is 9.15 Å². The number of furan rings is 1. The van der Waals surface area contributed by atoms with E-state index in [0.29, 0.717) is 45.0 Å². The van der Waals surface area contributed by atoms with E-state index >= 15 is 0 Å². The summed E-state index contributed by atoms with van der Waals surface area (Å²) in [5, 5.41) is 2.92. The van der Waals surface area contributed by atoms with E-state index < -0.39 is 10.0 Å². The second kappa shape index (κ2) is 9.32. The molecule has 3 heterocycles. The molecular formula is C23H27N3O5S. The Kier molecular flexibility index (Phi) is 6.50. The zero-order valence-electron chi connectivity index (χ0n) is 18.2. The number of benzene rings is 1. The summed E-state index contributed by atoms with van der Waals surface area (Å²) in [6.45, 7) is 6.28. The number of sulfonamides is 1. The Bertz CT molecular complexity index is 1180. The Balaban J connectivity index is 1.40. The number of aromatic nitrogens is 1. The first-order chi connectivity index (χ1) is 15.4. The van der Waals surface area contributed by atoms with Crippen molar-refractivity contribution < 1.29 is 22.4 Å². The quantitative estimate of drug-likeness (QED) is 0.589. The Morgan fingerprint density at radius 2 is 1.81 bits per heavy atom. The Labute approximate surface area is 187 Å². The molecule has 3 aromatic rings. The molecular weight excluding hydrogens is 430 g/mol. The van der Waals surface area contributed by atoms with Crippen molar-refractivity contribution in [3.63, 3.8) is 0 Å². The normalized spacial score (nSPS) is 15.1. The van der Waals surface area contributed by atoms with Crippen molar-refractivity contribution in [2.75, 3.05) is 26.3 Å². The minimum absolute atomic E-state index is 0.172. The molecule has 1 N–H and O–H groups in total. The summed E-state index contributed by atoms with van der Waals surface area (Å²) in [6.07, 6.45) is 1.63. The summed E-state index contributed by atoms with van der Waals surface area (Å²) >= 11 is 0. The molecule has 0 bridgehead atoms. The lowest BCUT2D eigenvalue weighted by molar-refractivity contribution is 0.0730. The number of amides is 1. The van der Waals surface area contributed by atoms with Crippen LogP contribution in [0.25, 0.3) is 0 Å². The zero-order valence-corrected chi connectivity index (χ0v) is 19.0. The highest BCUT2D eigenvalue weighted by atomic mass is 32.2. The van der Waals surface area contributed by atoms with Crippen molar-refractivity contribution in [1.29, 1.82) is 0 Å². The van der Waals surface area contributed by atoms with Crippen LogP contribution in [-0.2, 0) is 27.8 Å². The Morgan fingerprint density at radius 3 is 2.47 bits per heavy atom. The van der Waals surface area contributed by atoms with Crippen LogP contribution >= 0.6 is 0 Å². The molecule has 2 aromatic heterocycles. The molecule has 1 aliphatic heterocycles. The van der Waals surface area contributed by atoms with Gasteiger partial charge >= 0.3 is 0 Å². The van der Waals surface area contributed by atoms with Crippen LogP contribution in [0.5, 0.6) is 0 Å². The first-order valence-corrected chi connectivity index (χ1v) is 11.9. The lowest BCUT2D eigenvalue weighted by atomic mass is 10.2. The molecule has 1 amide bonds. The molecule has 1 aromatic carbocycles. The second-order valence-electron chi connectivity index (χ2n) is 7.79. The average molecular weight is 458 g/mol. The second-order valence-corrected chi connectivity index (χ2v) is 9.73. The van der Waals surface area contributed by atoms with E-state index in [2.05, 4.69) is 5.32 Å². The molecule has 32 heavy (non-hydrogen) atoms. The molecule has 0 atom stereocenters. The number of carbonyl (C=O) groups is 1. The summed E-state index contributed by atoms with van der Waals surface area (Å²) < 4.78 is 39.6. The minimum atomic E-state index is -3.53. The maximum atomic E-state index is 12.8. The summed E-state index contributed by atoms with van der Waals surface area (Å²) in [5.74, 6) is 0.652. The monoisotopic (exact) mass is 457 g/mol. The van der Waals surface area contributed by atoms with Gasteiger partial charge in [-0.2, -0.15) is 4.31 Å². The predicted molar refractivity (Wildman–Crippen MR) is 119 cm³/mol. The molecule has 170 valence electrons. The highest BCUT2D eigenvalue weighted by Gasteiger charge is 2.26. The third-order valence-electron chi connectivity index (χ3n) is 5.70. The molecule has 1 aliphatic rings. The first kappa shape index (κ1) is 22.3. The average Bonchev–Trinajstić information content (AvgIpc) is 3.42. The van der Waals surface area contributed by atoms with Crippen LogP contribution in [0.4, 0.5) is 0 Å². The number of hydrogen-bond donors (Lipinski definition) is 1. The topological polar surface area (TPSA) is 93.8 Å². The summed E-state index contributed by atoms with van der Waals surface area (Å²) in [4.78, 5) is 13.0. The highest BCUT2D eigenvalue weighted by Crippen LogP contribution is 2.19. The van der Waals surface area contributed by atoms with Gasteiger partial charge in [0.1, 0.15) is 5.76 Å². The third-order valence-corrected chi connectivity index (χ3v) is 7.61. The Morgan fingerprint density at radius 1 is 1.09 bits per heavy atom. The van der Waals surface area contributed by atoms with E-state index in [0.717, 1.165) is 22.7 Å².